The van der Waals surface area contributed by atoms with E-state index in [0.717, 1.165) is 4.47 Å². The molecule has 21 heavy (non-hydrogen) atoms. The van der Waals surface area contributed by atoms with Crippen molar-refractivity contribution in [2.75, 3.05) is 5.32 Å². The number of primary amides is 1. The second kappa shape index (κ2) is 6.47. The Balaban J connectivity index is 2.29. The van der Waals surface area contributed by atoms with Crippen LogP contribution in [0.3, 0.4) is 0 Å². The van der Waals surface area contributed by atoms with Gasteiger partial charge in [-0.2, -0.15) is 0 Å². The molecular weight excluding hydrogens is 379 g/mol. The number of nitrogens with one attached hydrogen (secondary N) is 1. The van der Waals surface area contributed by atoms with E-state index in [1.165, 1.54) is 12.1 Å². The first-order valence-electron chi connectivity index (χ1n) is 5.74. The van der Waals surface area contributed by atoms with E-state index in [-0.39, 0.29) is 10.6 Å². The van der Waals surface area contributed by atoms with E-state index >= 15 is 0 Å². The molecule has 4 nitrogen and oxygen atoms in total. The van der Waals surface area contributed by atoms with E-state index < -0.39 is 11.8 Å². The molecule has 108 valence electrons. The summed E-state index contributed by atoms with van der Waals surface area (Å²) in [6.07, 6.45) is 0. The van der Waals surface area contributed by atoms with Gasteiger partial charge < -0.3 is 11.1 Å². The maximum absolute atomic E-state index is 12.2. The van der Waals surface area contributed by atoms with Crippen molar-refractivity contribution in [2.45, 2.75) is 0 Å². The van der Waals surface area contributed by atoms with Crippen molar-refractivity contribution in [3.8, 4) is 0 Å². The number of hydrogen-bond acceptors (Lipinski definition) is 2. The Kier molecular flexibility index (Phi) is 4.88. The van der Waals surface area contributed by atoms with Gasteiger partial charge in [0.2, 0.25) is 5.91 Å². The number of carbonyl (C=O) groups excluding carboxylic acids is 2. The van der Waals surface area contributed by atoms with Crippen LogP contribution in [-0.4, -0.2) is 11.8 Å². The predicted octanol–water partition coefficient (Wildman–Crippen LogP) is 4.11. The number of rotatable bonds is 3. The van der Waals surface area contributed by atoms with Gasteiger partial charge in [-0.1, -0.05) is 39.1 Å². The zero-order chi connectivity index (χ0) is 15.6. The van der Waals surface area contributed by atoms with Crippen molar-refractivity contribution in [3.63, 3.8) is 0 Å². The predicted molar refractivity (Wildman–Crippen MR) is 87.1 cm³/mol. The first kappa shape index (κ1) is 15.8. The van der Waals surface area contributed by atoms with Gasteiger partial charge in [0.05, 0.1) is 21.2 Å². The lowest BCUT2D eigenvalue weighted by molar-refractivity contribution is 0.0996. The summed E-state index contributed by atoms with van der Waals surface area (Å²) in [7, 11) is 0. The molecule has 2 aromatic rings. The molecule has 0 aliphatic heterocycles. The fourth-order valence-corrected chi connectivity index (χ4v) is 2.44. The molecular formula is C14H9BrCl2N2O2. The Morgan fingerprint density at radius 3 is 2.29 bits per heavy atom. The third-order valence-corrected chi connectivity index (χ3v) is 3.82. The van der Waals surface area contributed by atoms with Gasteiger partial charge in [0.25, 0.3) is 5.91 Å². The van der Waals surface area contributed by atoms with E-state index in [2.05, 4.69) is 21.2 Å². The van der Waals surface area contributed by atoms with Crippen LogP contribution in [0.2, 0.25) is 10.0 Å². The Hall–Kier alpha value is -1.56. The van der Waals surface area contributed by atoms with Crippen molar-refractivity contribution in [3.05, 3.63) is 62.0 Å². The quantitative estimate of drug-likeness (QED) is 0.831. The van der Waals surface area contributed by atoms with Gasteiger partial charge in [0, 0.05) is 10.2 Å². The lowest BCUT2D eigenvalue weighted by Crippen LogP contribution is -2.15. The third kappa shape index (κ3) is 3.75. The average Bonchev–Trinajstić information content (AvgIpc) is 2.43. The van der Waals surface area contributed by atoms with E-state index in [1.54, 1.807) is 24.3 Å². The number of carbonyl (C=O) groups is 2. The zero-order valence-corrected chi connectivity index (χ0v) is 13.6. The Bertz CT molecular complexity index is 735. The van der Waals surface area contributed by atoms with Crippen LogP contribution in [0.15, 0.2) is 40.9 Å². The Labute approximate surface area is 139 Å². The molecule has 0 atom stereocenters. The van der Waals surface area contributed by atoms with Crippen LogP contribution in [0.4, 0.5) is 5.69 Å². The van der Waals surface area contributed by atoms with Crippen molar-refractivity contribution in [1.82, 2.24) is 0 Å². The van der Waals surface area contributed by atoms with Crippen LogP contribution in [0.25, 0.3) is 0 Å². The molecule has 2 aromatic carbocycles. The first-order valence-corrected chi connectivity index (χ1v) is 7.29. The van der Waals surface area contributed by atoms with Gasteiger partial charge in [-0.05, 0) is 36.4 Å². The first-order chi connectivity index (χ1) is 9.88. The highest BCUT2D eigenvalue weighted by Gasteiger charge is 2.13. The lowest BCUT2D eigenvalue weighted by Gasteiger charge is -2.09. The fraction of sp³-hybridized carbons (Fsp3) is 0. The molecule has 2 amide bonds. The van der Waals surface area contributed by atoms with Crippen molar-refractivity contribution in [2.24, 2.45) is 5.73 Å². The molecule has 0 aromatic heterocycles. The maximum Gasteiger partial charge on any atom is 0.257 e. The van der Waals surface area contributed by atoms with Crippen LogP contribution in [0.1, 0.15) is 20.7 Å². The molecule has 7 heteroatoms. The van der Waals surface area contributed by atoms with Crippen LogP contribution >= 0.6 is 39.1 Å². The summed E-state index contributed by atoms with van der Waals surface area (Å²) >= 11 is 15.1. The number of anilines is 1. The van der Waals surface area contributed by atoms with Gasteiger partial charge in [-0.25, -0.2) is 0 Å². The van der Waals surface area contributed by atoms with Crippen molar-refractivity contribution < 1.29 is 9.59 Å². The normalized spacial score (nSPS) is 10.2. The highest BCUT2D eigenvalue weighted by Crippen LogP contribution is 2.24. The topological polar surface area (TPSA) is 72.2 Å². The summed E-state index contributed by atoms with van der Waals surface area (Å²) in [6, 6.07) is 9.40. The number of halogens is 3. The minimum Gasteiger partial charge on any atom is -0.366 e. The highest BCUT2D eigenvalue weighted by molar-refractivity contribution is 9.10. The van der Waals surface area contributed by atoms with Crippen LogP contribution in [0, 0.1) is 0 Å². The summed E-state index contributed by atoms with van der Waals surface area (Å²) in [5, 5.41) is 3.18. The fourth-order valence-electron chi connectivity index (χ4n) is 1.66. The minimum atomic E-state index is -0.670. The zero-order valence-electron chi connectivity index (χ0n) is 10.5. The third-order valence-electron chi connectivity index (χ3n) is 2.66. The van der Waals surface area contributed by atoms with Gasteiger partial charge in [-0.3, -0.25) is 9.59 Å². The standard InChI is InChI=1S/C14H9BrCl2N2O2/c15-7-1-3-12(17)10(5-7)14(21)19-8-2-4-11(16)9(6-8)13(18)20/h1-6H,(H2,18,20)(H,19,21). The van der Waals surface area contributed by atoms with Gasteiger partial charge in [0.15, 0.2) is 0 Å². The molecule has 0 unspecified atom stereocenters. The van der Waals surface area contributed by atoms with E-state index in [0.29, 0.717) is 16.3 Å². The van der Waals surface area contributed by atoms with Gasteiger partial charge in [0.1, 0.15) is 0 Å². The molecule has 0 fully saturated rings. The molecule has 0 saturated heterocycles. The van der Waals surface area contributed by atoms with E-state index in [4.69, 9.17) is 28.9 Å². The molecule has 2 rings (SSSR count). The number of benzene rings is 2. The van der Waals surface area contributed by atoms with E-state index in [1.807, 2.05) is 0 Å². The Morgan fingerprint density at radius 2 is 1.62 bits per heavy atom. The molecule has 0 radical (unpaired) electrons. The number of amides is 2. The molecule has 0 aliphatic rings. The molecule has 0 saturated carbocycles. The summed E-state index contributed by atoms with van der Waals surface area (Å²) in [5.74, 6) is -1.07. The number of nitrogens with two attached hydrogens (primary N) is 1. The van der Waals surface area contributed by atoms with E-state index in [9.17, 15) is 9.59 Å². The van der Waals surface area contributed by atoms with Crippen molar-refractivity contribution in [1.29, 1.82) is 0 Å². The average molecular weight is 388 g/mol. The van der Waals surface area contributed by atoms with Crippen LogP contribution in [-0.2, 0) is 0 Å². The summed E-state index contributed by atoms with van der Waals surface area (Å²) in [5.41, 5.74) is 6.04. The monoisotopic (exact) mass is 386 g/mol. The van der Waals surface area contributed by atoms with Gasteiger partial charge in [-0.15, -0.1) is 0 Å². The number of hydrogen-bond donors (Lipinski definition) is 2. The molecule has 3 N–H and O–H groups in total. The Morgan fingerprint density at radius 1 is 1.00 bits per heavy atom. The molecule has 0 aliphatic carbocycles. The van der Waals surface area contributed by atoms with Gasteiger partial charge >= 0.3 is 0 Å². The summed E-state index contributed by atoms with van der Waals surface area (Å²) < 4.78 is 0.728. The minimum absolute atomic E-state index is 0.134. The molecule has 0 bridgehead atoms. The van der Waals surface area contributed by atoms with Crippen molar-refractivity contribution >= 4 is 56.6 Å². The smallest absolute Gasteiger partial charge is 0.257 e. The second-order valence-electron chi connectivity index (χ2n) is 4.14. The van der Waals surface area contributed by atoms with Crippen LogP contribution < -0.4 is 11.1 Å². The van der Waals surface area contributed by atoms with Crippen LogP contribution in [0.5, 0.6) is 0 Å². The molecule has 0 heterocycles. The SMILES string of the molecule is NC(=O)c1cc(NC(=O)c2cc(Br)ccc2Cl)ccc1Cl. The highest BCUT2D eigenvalue weighted by atomic mass is 79.9. The lowest BCUT2D eigenvalue weighted by atomic mass is 10.1. The largest absolute Gasteiger partial charge is 0.366 e. The summed E-state index contributed by atoms with van der Waals surface area (Å²) in [6.45, 7) is 0. The maximum atomic E-state index is 12.2. The second-order valence-corrected chi connectivity index (χ2v) is 5.87. The summed E-state index contributed by atoms with van der Waals surface area (Å²) in [4.78, 5) is 23.4. The molecule has 0 spiro atoms.